The van der Waals surface area contributed by atoms with E-state index in [1.54, 1.807) is 31.7 Å². The fraction of sp³-hybridized carbons (Fsp3) is 0.286. The molecule has 0 saturated carbocycles. The molecule has 0 unspecified atom stereocenters. The third-order valence-corrected chi connectivity index (χ3v) is 5.26. The predicted molar refractivity (Wildman–Crippen MR) is 81.6 cm³/mol. The molecule has 0 atom stereocenters. The lowest BCUT2D eigenvalue weighted by Gasteiger charge is -2.28. The number of benzene rings is 1. The minimum Gasteiger partial charge on any atom is -0.356 e. The van der Waals surface area contributed by atoms with Gasteiger partial charge in [0.1, 0.15) is 4.90 Å². The van der Waals surface area contributed by atoms with E-state index in [2.05, 4.69) is 0 Å². The molecule has 0 bridgehead atoms. The SMILES string of the molecule is CC(C)N(c1cccc(Cl)c1F)S(=O)(=O)c1ccn(C)c1. The van der Waals surface area contributed by atoms with Crippen molar-refractivity contribution in [1.82, 2.24) is 4.57 Å². The summed E-state index contributed by atoms with van der Waals surface area (Å²) in [4.78, 5) is 0.109. The third-order valence-electron chi connectivity index (χ3n) is 3.00. The molecule has 2 aromatic rings. The van der Waals surface area contributed by atoms with Crippen molar-refractivity contribution in [3.05, 3.63) is 47.5 Å². The molecule has 0 aliphatic carbocycles. The summed E-state index contributed by atoms with van der Waals surface area (Å²) < 4.78 is 42.4. The Morgan fingerprint density at radius 1 is 1.29 bits per heavy atom. The van der Waals surface area contributed by atoms with Crippen molar-refractivity contribution in [2.24, 2.45) is 7.05 Å². The molecule has 0 aliphatic rings. The van der Waals surface area contributed by atoms with E-state index >= 15 is 0 Å². The van der Waals surface area contributed by atoms with Crippen LogP contribution in [0.2, 0.25) is 5.02 Å². The summed E-state index contributed by atoms with van der Waals surface area (Å²) in [6, 6.07) is 5.34. The quantitative estimate of drug-likeness (QED) is 0.862. The molecule has 0 saturated heterocycles. The lowest BCUT2D eigenvalue weighted by molar-refractivity contribution is 0.577. The van der Waals surface area contributed by atoms with Gasteiger partial charge in [-0.1, -0.05) is 17.7 Å². The van der Waals surface area contributed by atoms with Crippen LogP contribution in [-0.2, 0) is 17.1 Å². The summed E-state index contributed by atoms with van der Waals surface area (Å²) in [7, 11) is -2.14. The van der Waals surface area contributed by atoms with E-state index in [4.69, 9.17) is 11.6 Å². The summed E-state index contributed by atoms with van der Waals surface area (Å²) in [5.41, 5.74) is -0.0543. The second-order valence-corrected chi connectivity index (χ2v) is 7.20. The highest BCUT2D eigenvalue weighted by atomic mass is 35.5. The smallest absolute Gasteiger partial charge is 0.266 e. The Balaban J connectivity index is 2.62. The maximum atomic E-state index is 14.2. The topological polar surface area (TPSA) is 42.3 Å². The molecular weight excluding hydrogens is 315 g/mol. The first-order chi connectivity index (χ1) is 9.75. The number of rotatable bonds is 4. The molecule has 114 valence electrons. The van der Waals surface area contributed by atoms with Gasteiger partial charge in [-0.25, -0.2) is 12.8 Å². The van der Waals surface area contributed by atoms with E-state index in [0.29, 0.717) is 0 Å². The van der Waals surface area contributed by atoms with Crippen molar-refractivity contribution in [2.75, 3.05) is 4.31 Å². The summed E-state index contributed by atoms with van der Waals surface area (Å²) in [6.45, 7) is 3.36. The first kappa shape index (κ1) is 15.9. The largest absolute Gasteiger partial charge is 0.356 e. The van der Waals surface area contributed by atoms with Gasteiger partial charge in [0.15, 0.2) is 5.82 Å². The Morgan fingerprint density at radius 2 is 1.95 bits per heavy atom. The molecule has 0 spiro atoms. The highest BCUT2D eigenvalue weighted by molar-refractivity contribution is 7.92. The summed E-state index contributed by atoms with van der Waals surface area (Å²) in [5.74, 6) is -0.743. The average Bonchev–Trinajstić information content (AvgIpc) is 2.82. The van der Waals surface area contributed by atoms with Crippen LogP contribution in [-0.4, -0.2) is 19.0 Å². The minimum absolute atomic E-state index is 0.0543. The molecule has 1 aromatic heterocycles. The fourth-order valence-electron chi connectivity index (χ4n) is 2.09. The summed E-state index contributed by atoms with van der Waals surface area (Å²) in [5, 5.41) is -0.110. The first-order valence-electron chi connectivity index (χ1n) is 6.35. The number of aromatic nitrogens is 1. The van der Waals surface area contributed by atoms with Gasteiger partial charge in [0.25, 0.3) is 10.0 Å². The van der Waals surface area contributed by atoms with Crippen molar-refractivity contribution in [3.63, 3.8) is 0 Å². The second-order valence-electron chi connectivity index (χ2n) is 4.98. The van der Waals surface area contributed by atoms with Crippen LogP contribution in [0.3, 0.4) is 0 Å². The van der Waals surface area contributed by atoms with Crippen LogP contribution in [0.1, 0.15) is 13.8 Å². The molecule has 7 heteroatoms. The van der Waals surface area contributed by atoms with Crippen LogP contribution >= 0.6 is 11.6 Å². The number of hydrogen-bond donors (Lipinski definition) is 0. The van der Waals surface area contributed by atoms with Gasteiger partial charge in [0, 0.05) is 25.5 Å². The van der Waals surface area contributed by atoms with Crippen molar-refractivity contribution in [2.45, 2.75) is 24.8 Å². The van der Waals surface area contributed by atoms with Crippen LogP contribution in [0.5, 0.6) is 0 Å². The van der Waals surface area contributed by atoms with Crippen LogP contribution < -0.4 is 4.31 Å². The highest BCUT2D eigenvalue weighted by Crippen LogP contribution is 2.31. The maximum absolute atomic E-state index is 14.2. The molecule has 1 heterocycles. The van der Waals surface area contributed by atoms with E-state index in [0.717, 1.165) is 4.31 Å². The average molecular weight is 331 g/mol. The fourth-order valence-corrected chi connectivity index (χ4v) is 3.98. The number of halogens is 2. The van der Waals surface area contributed by atoms with Crippen LogP contribution in [0.15, 0.2) is 41.6 Å². The van der Waals surface area contributed by atoms with Crippen LogP contribution in [0.4, 0.5) is 10.1 Å². The van der Waals surface area contributed by atoms with Gasteiger partial charge in [0.05, 0.1) is 10.7 Å². The Labute approximate surface area is 128 Å². The maximum Gasteiger partial charge on any atom is 0.266 e. The van der Waals surface area contributed by atoms with Crippen molar-refractivity contribution in [1.29, 1.82) is 0 Å². The molecule has 0 radical (unpaired) electrons. The predicted octanol–water partition coefficient (Wildman–Crippen LogP) is 3.42. The van der Waals surface area contributed by atoms with Gasteiger partial charge in [-0.3, -0.25) is 4.31 Å². The molecule has 0 amide bonds. The van der Waals surface area contributed by atoms with Gasteiger partial charge in [-0.2, -0.15) is 0 Å². The molecule has 1 aromatic carbocycles. The van der Waals surface area contributed by atoms with Gasteiger partial charge in [-0.05, 0) is 32.0 Å². The van der Waals surface area contributed by atoms with E-state index in [-0.39, 0.29) is 15.6 Å². The molecule has 0 fully saturated rings. The third kappa shape index (κ3) is 2.91. The normalized spacial score (nSPS) is 11.9. The molecule has 0 aliphatic heterocycles. The molecule has 2 rings (SSSR count). The number of aryl methyl sites for hydroxylation is 1. The zero-order valence-electron chi connectivity index (χ0n) is 11.9. The standard InChI is InChI=1S/C14H16ClFN2O2S/c1-10(2)18(13-6-4-5-12(15)14(13)16)21(19,20)11-7-8-17(3)9-11/h4-10H,1-3H3. The number of sulfonamides is 1. The minimum atomic E-state index is -3.86. The van der Waals surface area contributed by atoms with Crippen LogP contribution in [0, 0.1) is 5.82 Å². The van der Waals surface area contributed by atoms with E-state index in [1.165, 1.54) is 30.5 Å². The van der Waals surface area contributed by atoms with E-state index in [9.17, 15) is 12.8 Å². The van der Waals surface area contributed by atoms with Crippen LogP contribution in [0.25, 0.3) is 0 Å². The van der Waals surface area contributed by atoms with Gasteiger partial charge in [0.2, 0.25) is 0 Å². The molecule has 4 nitrogen and oxygen atoms in total. The van der Waals surface area contributed by atoms with Crippen molar-refractivity contribution >= 4 is 27.3 Å². The zero-order valence-corrected chi connectivity index (χ0v) is 13.5. The van der Waals surface area contributed by atoms with E-state index in [1.807, 2.05) is 0 Å². The zero-order chi connectivity index (χ0) is 15.8. The first-order valence-corrected chi connectivity index (χ1v) is 8.17. The molecule has 0 N–H and O–H groups in total. The summed E-state index contributed by atoms with van der Waals surface area (Å²) in [6.07, 6.45) is 3.10. The van der Waals surface area contributed by atoms with E-state index < -0.39 is 21.9 Å². The number of hydrogen-bond acceptors (Lipinski definition) is 2. The lowest BCUT2D eigenvalue weighted by atomic mass is 10.2. The van der Waals surface area contributed by atoms with Gasteiger partial charge >= 0.3 is 0 Å². The Hall–Kier alpha value is -1.53. The second kappa shape index (κ2) is 5.69. The Morgan fingerprint density at radius 3 is 2.48 bits per heavy atom. The summed E-state index contributed by atoms with van der Waals surface area (Å²) >= 11 is 5.76. The Bertz CT molecular complexity index is 756. The van der Waals surface area contributed by atoms with Gasteiger partial charge in [-0.15, -0.1) is 0 Å². The Kier molecular flexibility index (Phi) is 4.30. The lowest BCUT2D eigenvalue weighted by Crippen LogP contribution is -2.37. The van der Waals surface area contributed by atoms with Crippen molar-refractivity contribution < 1.29 is 12.8 Å². The molecular formula is C14H16ClFN2O2S. The highest BCUT2D eigenvalue weighted by Gasteiger charge is 2.30. The monoisotopic (exact) mass is 330 g/mol. The molecule has 21 heavy (non-hydrogen) atoms. The van der Waals surface area contributed by atoms with Crippen molar-refractivity contribution in [3.8, 4) is 0 Å². The number of nitrogens with zero attached hydrogens (tertiary/aromatic N) is 2. The van der Waals surface area contributed by atoms with Gasteiger partial charge < -0.3 is 4.57 Å². The number of anilines is 1.